The van der Waals surface area contributed by atoms with E-state index in [-0.39, 0.29) is 12.5 Å². The SMILES string of the molecule is CCc1sc(C(=O)Nc2ccc(CCO)cc2)cc1C. The Morgan fingerprint density at radius 2 is 2.00 bits per heavy atom. The van der Waals surface area contributed by atoms with Gasteiger partial charge in [-0.25, -0.2) is 0 Å². The molecule has 0 radical (unpaired) electrons. The van der Waals surface area contributed by atoms with E-state index in [1.54, 1.807) is 11.3 Å². The highest BCUT2D eigenvalue weighted by Crippen LogP contribution is 2.23. The second-order valence-electron chi connectivity index (χ2n) is 4.70. The minimum atomic E-state index is -0.0623. The van der Waals surface area contributed by atoms with E-state index in [9.17, 15) is 4.79 Å². The number of aliphatic hydroxyl groups is 1. The van der Waals surface area contributed by atoms with E-state index in [2.05, 4.69) is 12.2 Å². The second-order valence-corrected chi connectivity index (χ2v) is 5.83. The first-order valence-electron chi connectivity index (χ1n) is 6.74. The Kier molecular flexibility index (Phi) is 4.93. The lowest BCUT2D eigenvalue weighted by Gasteiger charge is -2.04. The minimum Gasteiger partial charge on any atom is -0.396 e. The number of amides is 1. The first-order chi connectivity index (χ1) is 9.63. The average molecular weight is 289 g/mol. The molecule has 106 valence electrons. The normalized spacial score (nSPS) is 10.6. The zero-order chi connectivity index (χ0) is 14.5. The first-order valence-corrected chi connectivity index (χ1v) is 7.56. The number of aliphatic hydroxyl groups excluding tert-OH is 1. The van der Waals surface area contributed by atoms with Gasteiger partial charge >= 0.3 is 0 Å². The summed E-state index contributed by atoms with van der Waals surface area (Å²) in [6.45, 7) is 4.27. The van der Waals surface area contributed by atoms with E-state index in [1.807, 2.05) is 37.3 Å². The summed E-state index contributed by atoms with van der Waals surface area (Å²) >= 11 is 1.55. The van der Waals surface area contributed by atoms with Crippen LogP contribution in [0.15, 0.2) is 30.3 Å². The highest BCUT2D eigenvalue weighted by atomic mass is 32.1. The molecule has 3 nitrogen and oxygen atoms in total. The standard InChI is InChI=1S/C16H19NO2S/c1-3-14-11(2)10-15(20-14)16(19)17-13-6-4-12(5-7-13)8-9-18/h4-7,10,18H,3,8-9H2,1-2H3,(H,17,19). The zero-order valence-corrected chi connectivity index (χ0v) is 12.6. The predicted octanol–water partition coefficient (Wildman–Crippen LogP) is 3.41. The van der Waals surface area contributed by atoms with Gasteiger partial charge < -0.3 is 10.4 Å². The van der Waals surface area contributed by atoms with Crippen molar-refractivity contribution in [2.24, 2.45) is 0 Å². The number of anilines is 1. The monoisotopic (exact) mass is 289 g/mol. The van der Waals surface area contributed by atoms with Crippen LogP contribution >= 0.6 is 11.3 Å². The second kappa shape index (κ2) is 6.68. The molecule has 20 heavy (non-hydrogen) atoms. The number of aryl methyl sites for hydroxylation is 2. The summed E-state index contributed by atoms with van der Waals surface area (Å²) in [6, 6.07) is 9.51. The van der Waals surface area contributed by atoms with Crippen LogP contribution in [0.4, 0.5) is 5.69 Å². The number of rotatable bonds is 5. The van der Waals surface area contributed by atoms with Gasteiger partial charge in [0.2, 0.25) is 0 Å². The highest BCUT2D eigenvalue weighted by Gasteiger charge is 2.11. The van der Waals surface area contributed by atoms with E-state index in [1.165, 1.54) is 10.4 Å². The summed E-state index contributed by atoms with van der Waals surface area (Å²) in [7, 11) is 0. The lowest BCUT2D eigenvalue weighted by Crippen LogP contribution is -2.10. The molecule has 0 saturated carbocycles. The van der Waals surface area contributed by atoms with Crippen LogP contribution in [-0.2, 0) is 12.8 Å². The molecule has 2 N–H and O–H groups in total. The number of benzene rings is 1. The van der Waals surface area contributed by atoms with Crippen LogP contribution in [0.3, 0.4) is 0 Å². The Hall–Kier alpha value is -1.65. The van der Waals surface area contributed by atoms with Crippen molar-refractivity contribution in [1.29, 1.82) is 0 Å². The van der Waals surface area contributed by atoms with Gasteiger partial charge in [0.1, 0.15) is 0 Å². The van der Waals surface area contributed by atoms with Gasteiger partial charge in [-0.2, -0.15) is 0 Å². The lowest BCUT2D eigenvalue weighted by atomic mass is 10.1. The van der Waals surface area contributed by atoms with Crippen molar-refractivity contribution in [2.75, 3.05) is 11.9 Å². The van der Waals surface area contributed by atoms with Crippen molar-refractivity contribution < 1.29 is 9.90 Å². The molecule has 0 unspecified atom stereocenters. The van der Waals surface area contributed by atoms with Crippen LogP contribution < -0.4 is 5.32 Å². The zero-order valence-electron chi connectivity index (χ0n) is 11.8. The lowest BCUT2D eigenvalue weighted by molar-refractivity contribution is 0.103. The summed E-state index contributed by atoms with van der Waals surface area (Å²) in [5.74, 6) is -0.0623. The van der Waals surface area contributed by atoms with Crippen LogP contribution in [-0.4, -0.2) is 17.6 Å². The molecule has 0 fully saturated rings. The fourth-order valence-electron chi connectivity index (χ4n) is 2.06. The maximum Gasteiger partial charge on any atom is 0.265 e. The van der Waals surface area contributed by atoms with Crippen molar-refractivity contribution in [2.45, 2.75) is 26.7 Å². The molecule has 1 amide bonds. The van der Waals surface area contributed by atoms with Crippen molar-refractivity contribution >= 4 is 22.9 Å². The molecule has 1 aromatic carbocycles. The van der Waals surface area contributed by atoms with Gasteiger partial charge in [0.15, 0.2) is 0 Å². The Morgan fingerprint density at radius 1 is 1.30 bits per heavy atom. The van der Waals surface area contributed by atoms with E-state index in [0.717, 1.165) is 22.5 Å². The van der Waals surface area contributed by atoms with Crippen molar-refractivity contribution in [3.63, 3.8) is 0 Å². The Labute approximate surface area is 123 Å². The van der Waals surface area contributed by atoms with Crippen molar-refractivity contribution in [3.8, 4) is 0 Å². The summed E-state index contributed by atoms with van der Waals surface area (Å²) in [6.07, 6.45) is 1.60. The first kappa shape index (κ1) is 14.8. The highest BCUT2D eigenvalue weighted by molar-refractivity contribution is 7.14. The van der Waals surface area contributed by atoms with E-state index < -0.39 is 0 Å². The van der Waals surface area contributed by atoms with Gasteiger partial charge in [0.25, 0.3) is 5.91 Å². The summed E-state index contributed by atoms with van der Waals surface area (Å²) in [5.41, 5.74) is 3.02. The van der Waals surface area contributed by atoms with Crippen molar-refractivity contribution in [1.82, 2.24) is 0 Å². The smallest absolute Gasteiger partial charge is 0.265 e. The molecule has 0 aliphatic heterocycles. The molecule has 0 spiro atoms. The summed E-state index contributed by atoms with van der Waals surface area (Å²) in [4.78, 5) is 14.2. The molecule has 1 heterocycles. The van der Waals surface area contributed by atoms with Gasteiger partial charge in [-0.1, -0.05) is 19.1 Å². The maximum atomic E-state index is 12.2. The number of nitrogens with one attached hydrogen (secondary N) is 1. The maximum absolute atomic E-state index is 12.2. The molecule has 0 saturated heterocycles. The van der Waals surface area contributed by atoms with Gasteiger partial charge in [-0.05, 0) is 49.1 Å². The Bertz CT molecular complexity index is 587. The van der Waals surface area contributed by atoms with Crippen LogP contribution in [0.1, 0.15) is 32.6 Å². The summed E-state index contributed by atoms with van der Waals surface area (Å²) in [5, 5.41) is 11.8. The fourth-order valence-corrected chi connectivity index (χ4v) is 3.07. The van der Waals surface area contributed by atoms with Crippen LogP contribution in [0, 0.1) is 6.92 Å². The van der Waals surface area contributed by atoms with E-state index in [0.29, 0.717) is 6.42 Å². The molecular weight excluding hydrogens is 270 g/mol. The quantitative estimate of drug-likeness (QED) is 0.886. The Morgan fingerprint density at radius 3 is 2.55 bits per heavy atom. The minimum absolute atomic E-state index is 0.0623. The van der Waals surface area contributed by atoms with Gasteiger partial charge in [-0.3, -0.25) is 4.79 Å². The van der Waals surface area contributed by atoms with Gasteiger partial charge in [0, 0.05) is 17.2 Å². The molecule has 4 heteroatoms. The summed E-state index contributed by atoms with van der Waals surface area (Å²) < 4.78 is 0. The molecule has 2 rings (SSSR count). The molecular formula is C16H19NO2S. The van der Waals surface area contributed by atoms with Crippen LogP contribution in [0.25, 0.3) is 0 Å². The van der Waals surface area contributed by atoms with Crippen molar-refractivity contribution in [3.05, 3.63) is 51.2 Å². The van der Waals surface area contributed by atoms with Gasteiger partial charge in [-0.15, -0.1) is 11.3 Å². The van der Waals surface area contributed by atoms with E-state index in [4.69, 9.17) is 5.11 Å². The molecule has 1 aromatic heterocycles. The number of thiophene rings is 1. The number of carbonyl (C=O) groups excluding carboxylic acids is 1. The molecule has 0 bridgehead atoms. The average Bonchev–Trinajstić information content (AvgIpc) is 2.82. The van der Waals surface area contributed by atoms with Gasteiger partial charge in [0.05, 0.1) is 4.88 Å². The number of carbonyl (C=O) groups is 1. The predicted molar refractivity (Wildman–Crippen MR) is 83.6 cm³/mol. The largest absolute Gasteiger partial charge is 0.396 e. The third kappa shape index (κ3) is 3.46. The van der Waals surface area contributed by atoms with E-state index >= 15 is 0 Å². The van der Waals surface area contributed by atoms with Crippen LogP contribution in [0.5, 0.6) is 0 Å². The van der Waals surface area contributed by atoms with Crippen LogP contribution in [0.2, 0.25) is 0 Å². The Balaban J connectivity index is 2.06. The number of hydrogen-bond acceptors (Lipinski definition) is 3. The topological polar surface area (TPSA) is 49.3 Å². The molecule has 0 aliphatic rings. The third-order valence-electron chi connectivity index (χ3n) is 3.18. The third-order valence-corrected chi connectivity index (χ3v) is 4.56. The number of hydrogen-bond donors (Lipinski definition) is 2. The molecule has 0 atom stereocenters. The molecule has 0 aliphatic carbocycles. The molecule has 2 aromatic rings. The fraction of sp³-hybridized carbons (Fsp3) is 0.312.